The van der Waals surface area contributed by atoms with Gasteiger partial charge in [0.05, 0.1) is 6.04 Å². The summed E-state index contributed by atoms with van der Waals surface area (Å²) in [4.78, 5) is 10.6. The number of piperazine rings is 1. The molecule has 4 nitrogen and oxygen atoms in total. The maximum absolute atomic E-state index is 11.1. The summed E-state index contributed by atoms with van der Waals surface area (Å²) in [6, 6.07) is 22.9. The number of phenols is 1. The second-order valence-corrected chi connectivity index (χ2v) is 8.33. The van der Waals surface area contributed by atoms with E-state index in [9.17, 15) is 5.11 Å². The number of fused-ring (bicyclic) bond motifs is 1. The number of anilines is 1. The van der Waals surface area contributed by atoms with Crippen molar-refractivity contribution in [3.05, 3.63) is 88.7 Å². The molecule has 5 rings (SSSR count). The Kier molecular flexibility index (Phi) is 4.92. The molecule has 2 aromatic carbocycles. The number of aromatic nitrogens is 1. The summed E-state index contributed by atoms with van der Waals surface area (Å²) in [5, 5.41) is 14.2. The summed E-state index contributed by atoms with van der Waals surface area (Å²) in [7, 11) is 0. The van der Waals surface area contributed by atoms with Gasteiger partial charge < -0.3 is 10.0 Å². The molecule has 0 aliphatic carbocycles. The smallest absolute Gasteiger partial charge is 0.146 e. The Balaban J connectivity index is 1.47. The van der Waals surface area contributed by atoms with E-state index in [0.29, 0.717) is 11.3 Å². The molecule has 3 heterocycles. The minimum absolute atomic E-state index is 0.0410. The van der Waals surface area contributed by atoms with Crippen LogP contribution in [0.2, 0.25) is 0 Å². The van der Waals surface area contributed by atoms with E-state index in [1.807, 2.05) is 12.1 Å². The monoisotopic (exact) mass is 401 g/mol. The Morgan fingerprint density at radius 3 is 2.45 bits per heavy atom. The molecule has 0 bridgehead atoms. The molecule has 1 saturated heterocycles. The fraction of sp³-hybridized carbons (Fsp3) is 0.208. The zero-order valence-corrected chi connectivity index (χ0v) is 16.9. The van der Waals surface area contributed by atoms with E-state index in [1.54, 1.807) is 17.5 Å². The Morgan fingerprint density at radius 2 is 1.69 bits per heavy atom. The van der Waals surface area contributed by atoms with Crippen LogP contribution in [0.15, 0.2) is 78.3 Å². The van der Waals surface area contributed by atoms with E-state index < -0.39 is 0 Å². The Bertz CT molecular complexity index is 1090. The average molecular weight is 402 g/mol. The molecular formula is C24H23N3OS. The summed E-state index contributed by atoms with van der Waals surface area (Å²) < 4.78 is 0. The second-order valence-electron chi connectivity index (χ2n) is 7.36. The number of phenolic OH excluding ortho intramolecular Hbond substituents is 1. The molecule has 29 heavy (non-hydrogen) atoms. The molecule has 1 aliphatic heterocycles. The van der Waals surface area contributed by atoms with E-state index in [4.69, 9.17) is 0 Å². The number of rotatable bonds is 4. The predicted octanol–water partition coefficient (Wildman–Crippen LogP) is 4.91. The summed E-state index contributed by atoms with van der Waals surface area (Å²) in [6.45, 7) is 3.82. The fourth-order valence-corrected chi connectivity index (χ4v) is 5.10. The normalized spacial score (nSPS) is 16.2. The first-order valence-electron chi connectivity index (χ1n) is 9.95. The number of benzene rings is 2. The maximum atomic E-state index is 11.1. The van der Waals surface area contributed by atoms with Gasteiger partial charge in [-0.2, -0.15) is 0 Å². The molecule has 0 spiro atoms. The maximum Gasteiger partial charge on any atom is 0.146 e. The van der Waals surface area contributed by atoms with Gasteiger partial charge >= 0.3 is 0 Å². The van der Waals surface area contributed by atoms with Gasteiger partial charge in [0.1, 0.15) is 11.3 Å². The lowest BCUT2D eigenvalue weighted by Gasteiger charge is -2.40. The van der Waals surface area contributed by atoms with Crippen molar-refractivity contribution in [3.63, 3.8) is 0 Å². The standard InChI is InChI=1S/C24H23N3OS/c28-24-20(11-10-18-6-4-12-25-22(18)24)23(21-9-5-17-29-21)27-15-13-26(14-16-27)19-7-2-1-3-8-19/h1-12,17,23,28H,13-16H2/t23-/m1/s1. The molecule has 0 unspecified atom stereocenters. The quantitative estimate of drug-likeness (QED) is 0.527. The van der Waals surface area contributed by atoms with Crippen molar-refractivity contribution in [1.29, 1.82) is 0 Å². The molecule has 1 aliphatic rings. The molecular weight excluding hydrogens is 378 g/mol. The van der Waals surface area contributed by atoms with Crippen molar-refractivity contribution in [2.24, 2.45) is 0 Å². The number of para-hydroxylation sites is 1. The summed E-state index contributed by atoms with van der Waals surface area (Å²) in [6.07, 6.45) is 1.74. The summed E-state index contributed by atoms with van der Waals surface area (Å²) >= 11 is 1.74. The molecule has 146 valence electrons. The molecule has 0 saturated carbocycles. The Hall–Kier alpha value is -2.89. The van der Waals surface area contributed by atoms with E-state index >= 15 is 0 Å². The van der Waals surface area contributed by atoms with Crippen molar-refractivity contribution < 1.29 is 5.11 Å². The third-order valence-corrected chi connectivity index (χ3v) is 6.61. The highest BCUT2D eigenvalue weighted by Gasteiger charge is 2.29. The lowest BCUT2D eigenvalue weighted by Crippen LogP contribution is -2.47. The SMILES string of the molecule is Oc1c([C@H](c2cccs2)N2CCN(c3ccccc3)CC2)ccc2cccnc12. The largest absolute Gasteiger partial charge is 0.505 e. The lowest BCUT2D eigenvalue weighted by molar-refractivity contribution is 0.212. The van der Waals surface area contributed by atoms with E-state index in [-0.39, 0.29) is 6.04 Å². The Morgan fingerprint density at radius 1 is 0.862 bits per heavy atom. The lowest BCUT2D eigenvalue weighted by atomic mass is 9.99. The topological polar surface area (TPSA) is 39.6 Å². The molecule has 4 aromatic rings. The van der Waals surface area contributed by atoms with E-state index in [2.05, 4.69) is 74.8 Å². The van der Waals surface area contributed by atoms with Gasteiger partial charge in [-0.3, -0.25) is 9.88 Å². The van der Waals surface area contributed by atoms with Crippen molar-refractivity contribution in [2.75, 3.05) is 31.1 Å². The molecule has 1 N–H and O–H groups in total. The highest BCUT2D eigenvalue weighted by atomic mass is 32.1. The van der Waals surface area contributed by atoms with Crippen molar-refractivity contribution in [1.82, 2.24) is 9.88 Å². The molecule has 1 atom stereocenters. The minimum Gasteiger partial charge on any atom is -0.505 e. The van der Waals surface area contributed by atoms with Crippen LogP contribution in [0.3, 0.4) is 0 Å². The van der Waals surface area contributed by atoms with Gasteiger partial charge in [-0.25, -0.2) is 0 Å². The first-order chi connectivity index (χ1) is 14.3. The fourth-order valence-electron chi connectivity index (χ4n) is 4.22. The van der Waals surface area contributed by atoms with Crippen LogP contribution in [0.5, 0.6) is 5.75 Å². The van der Waals surface area contributed by atoms with Crippen LogP contribution in [0.1, 0.15) is 16.5 Å². The zero-order chi connectivity index (χ0) is 19.6. The predicted molar refractivity (Wildman–Crippen MR) is 120 cm³/mol. The third-order valence-electron chi connectivity index (χ3n) is 5.69. The molecule has 0 amide bonds. The number of pyridine rings is 1. The zero-order valence-electron chi connectivity index (χ0n) is 16.1. The molecule has 1 fully saturated rings. The van der Waals surface area contributed by atoms with E-state index in [1.165, 1.54) is 10.6 Å². The van der Waals surface area contributed by atoms with Crippen LogP contribution in [-0.2, 0) is 0 Å². The van der Waals surface area contributed by atoms with Crippen LogP contribution in [-0.4, -0.2) is 41.2 Å². The van der Waals surface area contributed by atoms with Gasteiger partial charge in [-0.1, -0.05) is 42.5 Å². The first kappa shape index (κ1) is 18.2. The molecule has 0 radical (unpaired) electrons. The van der Waals surface area contributed by atoms with Gasteiger partial charge in [-0.15, -0.1) is 11.3 Å². The van der Waals surface area contributed by atoms with Crippen LogP contribution < -0.4 is 4.90 Å². The van der Waals surface area contributed by atoms with Gasteiger partial charge in [-0.05, 0) is 29.6 Å². The van der Waals surface area contributed by atoms with Crippen molar-refractivity contribution in [2.45, 2.75) is 6.04 Å². The number of thiophene rings is 1. The van der Waals surface area contributed by atoms with Crippen molar-refractivity contribution >= 4 is 27.9 Å². The van der Waals surface area contributed by atoms with Gasteiger partial charge in [0, 0.05) is 53.9 Å². The molecule has 2 aromatic heterocycles. The molecule has 5 heteroatoms. The van der Waals surface area contributed by atoms with Crippen LogP contribution >= 0.6 is 11.3 Å². The highest BCUT2D eigenvalue weighted by Crippen LogP contribution is 2.39. The van der Waals surface area contributed by atoms with Crippen LogP contribution in [0.4, 0.5) is 5.69 Å². The summed E-state index contributed by atoms with van der Waals surface area (Å²) in [5.41, 5.74) is 2.89. The van der Waals surface area contributed by atoms with Crippen LogP contribution in [0.25, 0.3) is 10.9 Å². The highest BCUT2D eigenvalue weighted by molar-refractivity contribution is 7.10. The number of hydrogen-bond donors (Lipinski definition) is 1. The van der Waals surface area contributed by atoms with E-state index in [0.717, 1.165) is 37.1 Å². The second kappa shape index (κ2) is 7.85. The first-order valence-corrected chi connectivity index (χ1v) is 10.8. The van der Waals surface area contributed by atoms with Crippen molar-refractivity contribution in [3.8, 4) is 5.75 Å². The number of aromatic hydroxyl groups is 1. The van der Waals surface area contributed by atoms with Gasteiger partial charge in [0.25, 0.3) is 0 Å². The average Bonchev–Trinajstić information content (AvgIpc) is 3.31. The number of hydrogen-bond acceptors (Lipinski definition) is 5. The number of nitrogens with zero attached hydrogens (tertiary/aromatic N) is 3. The van der Waals surface area contributed by atoms with Gasteiger partial charge in [0.2, 0.25) is 0 Å². The summed E-state index contributed by atoms with van der Waals surface area (Å²) in [5.74, 6) is 0.298. The Labute approximate surface area is 174 Å². The van der Waals surface area contributed by atoms with Gasteiger partial charge in [0.15, 0.2) is 0 Å². The third kappa shape index (κ3) is 3.48. The minimum atomic E-state index is 0.0410. The van der Waals surface area contributed by atoms with Crippen LogP contribution in [0, 0.1) is 0 Å².